The van der Waals surface area contributed by atoms with Gasteiger partial charge >= 0.3 is 0 Å². The number of hydrogen-bond acceptors (Lipinski definition) is 4. The fourth-order valence-electron chi connectivity index (χ4n) is 2.90. The first-order valence-corrected chi connectivity index (χ1v) is 8.89. The second-order valence-corrected chi connectivity index (χ2v) is 6.71. The first-order valence-electron chi connectivity index (χ1n) is 8.13. The number of halogens is 2. The molecule has 0 spiro atoms. The van der Waals surface area contributed by atoms with Crippen LogP contribution in [0.3, 0.4) is 0 Å². The summed E-state index contributed by atoms with van der Waals surface area (Å²) in [5.41, 5.74) is 1.51. The molecule has 25 heavy (non-hydrogen) atoms. The highest BCUT2D eigenvalue weighted by atomic mass is 35.5. The first kappa shape index (κ1) is 18.2. The van der Waals surface area contributed by atoms with Crippen molar-refractivity contribution in [2.75, 3.05) is 26.3 Å². The smallest absolute Gasteiger partial charge is 0.153 e. The van der Waals surface area contributed by atoms with Crippen LogP contribution in [0, 0.1) is 5.92 Å². The second kappa shape index (κ2) is 8.68. The third kappa shape index (κ3) is 4.53. The van der Waals surface area contributed by atoms with Crippen molar-refractivity contribution in [2.45, 2.75) is 6.10 Å². The Morgan fingerprint density at radius 3 is 2.84 bits per heavy atom. The van der Waals surface area contributed by atoms with Crippen LogP contribution in [0.25, 0.3) is 0 Å². The Labute approximate surface area is 157 Å². The zero-order chi connectivity index (χ0) is 17.6. The zero-order valence-electron chi connectivity index (χ0n) is 13.6. The van der Waals surface area contributed by atoms with Crippen LogP contribution in [-0.4, -0.2) is 32.6 Å². The molecule has 1 N–H and O–H groups in total. The zero-order valence-corrected chi connectivity index (χ0v) is 15.1. The van der Waals surface area contributed by atoms with Gasteiger partial charge in [-0.05, 0) is 29.8 Å². The van der Waals surface area contributed by atoms with Gasteiger partial charge in [-0.15, -0.1) is 0 Å². The van der Waals surface area contributed by atoms with Crippen LogP contribution in [0.5, 0.6) is 5.75 Å². The van der Waals surface area contributed by atoms with Crippen LogP contribution in [0.4, 0.5) is 0 Å². The number of benzene rings is 2. The molecule has 1 fully saturated rings. The molecular formula is C19H19Cl2NO3. The number of aldehydes is 1. The lowest BCUT2D eigenvalue weighted by molar-refractivity contribution is 0.0153. The third-order valence-corrected chi connectivity index (χ3v) is 4.92. The Bertz CT molecular complexity index is 738. The van der Waals surface area contributed by atoms with Crippen molar-refractivity contribution in [1.82, 2.24) is 5.32 Å². The second-order valence-electron chi connectivity index (χ2n) is 5.90. The molecule has 0 radical (unpaired) electrons. The third-order valence-electron chi connectivity index (χ3n) is 4.18. The molecule has 3 rings (SSSR count). The predicted octanol–water partition coefficient (Wildman–Crippen LogP) is 4.16. The van der Waals surface area contributed by atoms with E-state index in [-0.39, 0.29) is 12.0 Å². The molecule has 0 aliphatic carbocycles. The molecule has 0 bridgehead atoms. The van der Waals surface area contributed by atoms with Gasteiger partial charge in [0.1, 0.15) is 5.75 Å². The van der Waals surface area contributed by atoms with Gasteiger partial charge in [0.05, 0.1) is 34.9 Å². The van der Waals surface area contributed by atoms with E-state index in [4.69, 9.17) is 32.7 Å². The van der Waals surface area contributed by atoms with Crippen molar-refractivity contribution >= 4 is 29.5 Å². The molecule has 1 aliphatic rings. The Morgan fingerprint density at radius 1 is 1.20 bits per heavy atom. The highest BCUT2D eigenvalue weighted by Crippen LogP contribution is 2.32. The summed E-state index contributed by atoms with van der Waals surface area (Å²) in [5.74, 6) is 0.647. The van der Waals surface area contributed by atoms with E-state index >= 15 is 0 Å². The molecule has 2 atom stereocenters. The van der Waals surface area contributed by atoms with E-state index in [1.54, 1.807) is 18.2 Å². The van der Waals surface area contributed by atoms with Gasteiger partial charge in [-0.2, -0.15) is 0 Å². The van der Waals surface area contributed by atoms with Gasteiger partial charge in [0, 0.05) is 19.0 Å². The molecule has 132 valence electrons. The van der Waals surface area contributed by atoms with Crippen molar-refractivity contribution in [2.24, 2.45) is 5.92 Å². The van der Waals surface area contributed by atoms with Crippen LogP contribution in [0.15, 0.2) is 42.5 Å². The largest absolute Gasteiger partial charge is 0.492 e. The molecule has 4 nitrogen and oxygen atoms in total. The van der Waals surface area contributed by atoms with Gasteiger partial charge in [-0.1, -0.05) is 41.4 Å². The number of hydrogen-bond donors (Lipinski definition) is 1. The summed E-state index contributed by atoms with van der Waals surface area (Å²) in [5, 5.41) is 4.38. The van der Waals surface area contributed by atoms with Crippen molar-refractivity contribution in [3.05, 3.63) is 63.6 Å². The van der Waals surface area contributed by atoms with Crippen LogP contribution in [0.1, 0.15) is 22.0 Å². The molecule has 0 saturated carbocycles. The van der Waals surface area contributed by atoms with Gasteiger partial charge in [0.25, 0.3) is 0 Å². The fraction of sp³-hybridized carbons (Fsp3) is 0.316. The molecule has 2 aromatic carbocycles. The van der Waals surface area contributed by atoms with Crippen molar-refractivity contribution in [1.29, 1.82) is 0 Å². The lowest BCUT2D eigenvalue weighted by Crippen LogP contribution is -2.29. The maximum atomic E-state index is 11.1. The normalized spacial score (nSPS) is 20.7. The Balaban J connectivity index is 1.78. The van der Waals surface area contributed by atoms with Crippen molar-refractivity contribution in [3.8, 4) is 5.75 Å². The Morgan fingerprint density at radius 2 is 2.04 bits per heavy atom. The number of ether oxygens (including phenoxy) is 2. The number of carbonyl (C=O) groups is 1. The van der Waals surface area contributed by atoms with Crippen molar-refractivity contribution in [3.63, 3.8) is 0 Å². The van der Waals surface area contributed by atoms with E-state index in [0.29, 0.717) is 34.6 Å². The topological polar surface area (TPSA) is 47.6 Å². The quantitative estimate of drug-likeness (QED) is 0.792. The molecule has 0 unspecified atom stereocenters. The first-order chi connectivity index (χ1) is 12.2. The van der Waals surface area contributed by atoms with Gasteiger partial charge in [-0.3, -0.25) is 4.79 Å². The maximum absolute atomic E-state index is 11.1. The van der Waals surface area contributed by atoms with Gasteiger partial charge < -0.3 is 14.8 Å². The predicted molar refractivity (Wildman–Crippen MR) is 98.8 cm³/mol. The molecule has 6 heteroatoms. The number of carbonyl (C=O) groups excluding carboxylic acids is 1. The summed E-state index contributed by atoms with van der Waals surface area (Å²) >= 11 is 12.2. The summed E-state index contributed by atoms with van der Waals surface area (Å²) in [6, 6.07) is 12.7. The molecule has 1 heterocycles. The fourth-order valence-corrected chi connectivity index (χ4v) is 3.21. The SMILES string of the molecule is O=Cc1ccccc1OC[C@@H]1CNCCO[C@H]1c1ccc(Cl)c(Cl)c1. The van der Waals surface area contributed by atoms with Gasteiger partial charge in [0.2, 0.25) is 0 Å². The van der Waals surface area contributed by atoms with E-state index in [9.17, 15) is 4.79 Å². The lowest BCUT2D eigenvalue weighted by atomic mass is 9.96. The van der Waals surface area contributed by atoms with Crippen LogP contribution >= 0.6 is 23.2 Å². The van der Waals surface area contributed by atoms with E-state index in [0.717, 1.165) is 24.9 Å². The minimum atomic E-state index is -0.159. The lowest BCUT2D eigenvalue weighted by Gasteiger charge is -2.25. The summed E-state index contributed by atoms with van der Waals surface area (Å²) in [6.45, 7) is 2.54. The number of para-hydroxylation sites is 1. The maximum Gasteiger partial charge on any atom is 0.153 e. The monoisotopic (exact) mass is 379 g/mol. The standard InChI is InChI=1S/C19H19Cl2NO3/c20-16-6-5-13(9-17(16)21)19-15(10-22-7-8-24-19)12-25-18-4-2-1-3-14(18)11-23/h1-6,9,11,15,19,22H,7-8,10,12H2/t15-,19-/m0/s1. The van der Waals surface area contributed by atoms with Crippen LogP contribution in [0.2, 0.25) is 10.0 Å². The molecule has 1 saturated heterocycles. The van der Waals surface area contributed by atoms with Crippen LogP contribution in [-0.2, 0) is 4.74 Å². The van der Waals surface area contributed by atoms with Gasteiger partial charge in [-0.25, -0.2) is 0 Å². The molecule has 1 aliphatic heterocycles. The Hall–Kier alpha value is -1.59. The van der Waals surface area contributed by atoms with Gasteiger partial charge in [0.15, 0.2) is 6.29 Å². The van der Waals surface area contributed by atoms with E-state index in [2.05, 4.69) is 5.32 Å². The van der Waals surface area contributed by atoms with Crippen molar-refractivity contribution < 1.29 is 14.3 Å². The minimum Gasteiger partial charge on any atom is -0.492 e. The summed E-state index contributed by atoms with van der Waals surface area (Å²) < 4.78 is 11.9. The average Bonchev–Trinajstić information content (AvgIpc) is 2.88. The number of nitrogens with one attached hydrogen (secondary N) is 1. The summed E-state index contributed by atoms with van der Waals surface area (Å²) in [7, 11) is 0. The molecule has 0 aromatic heterocycles. The minimum absolute atomic E-state index is 0.0689. The molecular weight excluding hydrogens is 361 g/mol. The number of rotatable bonds is 5. The average molecular weight is 380 g/mol. The van der Waals surface area contributed by atoms with E-state index in [1.807, 2.05) is 24.3 Å². The Kier molecular flexibility index (Phi) is 6.32. The van der Waals surface area contributed by atoms with E-state index < -0.39 is 0 Å². The summed E-state index contributed by atoms with van der Waals surface area (Å²) in [4.78, 5) is 11.1. The highest BCUT2D eigenvalue weighted by Gasteiger charge is 2.27. The highest BCUT2D eigenvalue weighted by molar-refractivity contribution is 6.42. The molecule has 2 aromatic rings. The molecule has 0 amide bonds. The van der Waals surface area contributed by atoms with E-state index in [1.165, 1.54) is 0 Å². The van der Waals surface area contributed by atoms with Crippen LogP contribution < -0.4 is 10.1 Å². The summed E-state index contributed by atoms with van der Waals surface area (Å²) in [6.07, 6.45) is 0.640.